The first-order chi connectivity index (χ1) is 9.65. The van der Waals surface area contributed by atoms with Gasteiger partial charge in [0.05, 0.1) is 0 Å². The summed E-state index contributed by atoms with van der Waals surface area (Å²) in [6, 6.07) is 7.42. The van der Waals surface area contributed by atoms with Gasteiger partial charge in [-0.05, 0) is 17.7 Å². The lowest BCUT2D eigenvalue weighted by Crippen LogP contribution is -2.50. The van der Waals surface area contributed by atoms with Crippen molar-refractivity contribution in [1.82, 2.24) is 9.80 Å². The number of amides is 2. The lowest BCUT2D eigenvalue weighted by molar-refractivity contribution is -0.132. The SMILES string of the molecule is C=Cc1ccc(C(=O)N2CCN(C(=O)CC)CC2)cc1. The second-order valence-electron chi connectivity index (χ2n) is 4.85. The van der Waals surface area contributed by atoms with Crippen LogP contribution < -0.4 is 0 Å². The van der Waals surface area contributed by atoms with Gasteiger partial charge in [0.25, 0.3) is 5.91 Å². The molecular weight excluding hydrogens is 252 g/mol. The summed E-state index contributed by atoms with van der Waals surface area (Å²) in [6.45, 7) is 8.02. The van der Waals surface area contributed by atoms with E-state index >= 15 is 0 Å². The maximum atomic E-state index is 12.3. The highest BCUT2D eigenvalue weighted by Gasteiger charge is 2.23. The maximum Gasteiger partial charge on any atom is 0.253 e. The summed E-state index contributed by atoms with van der Waals surface area (Å²) in [5, 5.41) is 0. The van der Waals surface area contributed by atoms with E-state index in [0.717, 1.165) is 5.56 Å². The summed E-state index contributed by atoms with van der Waals surface area (Å²) < 4.78 is 0. The predicted molar refractivity (Wildman–Crippen MR) is 79.3 cm³/mol. The molecule has 2 rings (SSSR count). The number of nitrogens with zero attached hydrogens (tertiary/aromatic N) is 2. The first-order valence-electron chi connectivity index (χ1n) is 6.95. The molecule has 0 unspecified atom stereocenters. The number of carbonyl (C=O) groups excluding carboxylic acids is 2. The van der Waals surface area contributed by atoms with Crippen LogP contribution in [0.2, 0.25) is 0 Å². The molecule has 1 fully saturated rings. The van der Waals surface area contributed by atoms with Crippen LogP contribution in [0.4, 0.5) is 0 Å². The fourth-order valence-electron chi connectivity index (χ4n) is 2.33. The van der Waals surface area contributed by atoms with Crippen LogP contribution in [-0.2, 0) is 4.79 Å². The number of hydrogen-bond acceptors (Lipinski definition) is 2. The number of hydrogen-bond donors (Lipinski definition) is 0. The summed E-state index contributed by atoms with van der Waals surface area (Å²) in [5.74, 6) is 0.191. The molecule has 1 aliphatic rings. The predicted octanol–water partition coefficient (Wildman–Crippen LogP) is 2.02. The third-order valence-corrected chi connectivity index (χ3v) is 3.62. The Morgan fingerprint density at radius 1 is 1.10 bits per heavy atom. The van der Waals surface area contributed by atoms with E-state index < -0.39 is 0 Å². The number of benzene rings is 1. The fraction of sp³-hybridized carbons (Fsp3) is 0.375. The van der Waals surface area contributed by atoms with Crippen molar-refractivity contribution >= 4 is 17.9 Å². The molecule has 0 spiro atoms. The molecule has 0 N–H and O–H groups in total. The third kappa shape index (κ3) is 3.07. The largest absolute Gasteiger partial charge is 0.339 e. The molecule has 1 aliphatic heterocycles. The summed E-state index contributed by atoms with van der Waals surface area (Å²) in [6.07, 6.45) is 2.28. The number of rotatable bonds is 3. The molecule has 2 amide bonds. The smallest absolute Gasteiger partial charge is 0.253 e. The first-order valence-corrected chi connectivity index (χ1v) is 6.95. The Labute approximate surface area is 119 Å². The Hall–Kier alpha value is -2.10. The number of piperazine rings is 1. The third-order valence-electron chi connectivity index (χ3n) is 3.62. The Morgan fingerprint density at radius 3 is 2.15 bits per heavy atom. The van der Waals surface area contributed by atoms with Crippen molar-refractivity contribution in [2.24, 2.45) is 0 Å². The van der Waals surface area contributed by atoms with Crippen LogP contribution in [0.1, 0.15) is 29.3 Å². The zero-order chi connectivity index (χ0) is 14.5. The highest BCUT2D eigenvalue weighted by atomic mass is 16.2. The molecule has 106 valence electrons. The lowest BCUT2D eigenvalue weighted by Gasteiger charge is -2.34. The highest BCUT2D eigenvalue weighted by Crippen LogP contribution is 2.11. The molecule has 1 heterocycles. The van der Waals surface area contributed by atoms with Gasteiger partial charge in [0.15, 0.2) is 0 Å². The van der Waals surface area contributed by atoms with Crippen molar-refractivity contribution in [3.63, 3.8) is 0 Å². The molecule has 4 heteroatoms. The topological polar surface area (TPSA) is 40.6 Å². The summed E-state index contributed by atoms with van der Waals surface area (Å²) >= 11 is 0. The van der Waals surface area contributed by atoms with Gasteiger partial charge in [-0.1, -0.05) is 31.7 Å². The molecule has 0 bridgehead atoms. The van der Waals surface area contributed by atoms with E-state index in [0.29, 0.717) is 38.2 Å². The Balaban J connectivity index is 1.97. The quantitative estimate of drug-likeness (QED) is 0.844. The van der Waals surface area contributed by atoms with E-state index in [4.69, 9.17) is 0 Å². The average Bonchev–Trinajstić information content (AvgIpc) is 2.53. The van der Waals surface area contributed by atoms with Crippen LogP contribution in [0.5, 0.6) is 0 Å². The van der Waals surface area contributed by atoms with Gasteiger partial charge in [0.2, 0.25) is 5.91 Å². The maximum absolute atomic E-state index is 12.3. The first kappa shape index (κ1) is 14.3. The van der Waals surface area contributed by atoms with E-state index in [9.17, 15) is 9.59 Å². The Kier molecular flexibility index (Phi) is 4.56. The Bertz CT molecular complexity index is 500. The van der Waals surface area contributed by atoms with Crippen molar-refractivity contribution in [3.8, 4) is 0 Å². The van der Waals surface area contributed by atoms with Crippen LogP contribution >= 0.6 is 0 Å². The van der Waals surface area contributed by atoms with E-state index in [2.05, 4.69) is 6.58 Å². The summed E-state index contributed by atoms with van der Waals surface area (Å²) in [7, 11) is 0. The van der Waals surface area contributed by atoms with Gasteiger partial charge in [0, 0.05) is 38.2 Å². The van der Waals surface area contributed by atoms with E-state index in [1.807, 2.05) is 41.0 Å². The van der Waals surface area contributed by atoms with Gasteiger partial charge in [-0.2, -0.15) is 0 Å². The second kappa shape index (κ2) is 6.37. The summed E-state index contributed by atoms with van der Waals surface area (Å²) in [4.78, 5) is 27.6. The normalized spacial score (nSPS) is 15.1. The highest BCUT2D eigenvalue weighted by molar-refractivity contribution is 5.94. The van der Waals surface area contributed by atoms with Gasteiger partial charge in [-0.3, -0.25) is 9.59 Å². The van der Waals surface area contributed by atoms with Crippen molar-refractivity contribution in [2.75, 3.05) is 26.2 Å². The minimum Gasteiger partial charge on any atom is -0.339 e. The molecule has 0 radical (unpaired) electrons. The standard InChI is InChI=1S/C16H20N2O2/c1-3-13-5-7-14(8-6-13)16(20)18-11-9-17(10-12-18)15(19)4-2/h3,5-8H,1,4,9-12H2,2H3. The van der Waals surface area contributed by atoms with E-state index in [1.54, 1.807) is 6.08 Å². The molecule has 0 aliphatic carbocycles. The van der Waals surface area contributed by atoms with Crippen LogP contribution in [0, 0.1) is 0 Å². The van der Waals surface area contributed by atoms with Gasteiger partial charge in [-0.15, -0.1) is 0 Å². The van der Waals surface area contributed by atoms with Crippen LogP contribution in [0.3, 0.4) is 0 Å². The zero-order valence-corrected chi connectivity index (χ0v) is 11.8. The van der Waals surface area contributed by atoms with Crippen molar-refractivity contribution < 1.29 is 9.59 Å². The van der Waals surface area contributed by atoms with Gasteiger partial charge < -0.3 is 9.80 Å². The molecule has 4 nitrogen and oxygen atoms in total. The molecule has 1 aromatic rings. The fourth-order valence-corrected chi connectivity index (χ4v) is 2.33. The van der Waals surface area contributed by atoms with Crippen LogP contribution in [0.25, 0.3) is 6.08 Å². The number of carbonyl (C=O) groups is 2. The zero-order valence-electron chi connectivity index (χ0n) is 11.8. The van der Waals surface area contributed by atoms with Crippen LogP contribution in [0.15, 0.2) is 30.8 Å². The van der Waals surface area contributed by atoms with Crippen molar-refractivity contribution in [3.05, 3.63) is 42.0 Å². The van der Waals surface area contributed by atoms with E-state index in [-0.39, 0.29) is 11.8 Å². The molecule has 1 aromatic carbocycles. The molecule has 0 atom stereocenters. The molecule has 20 heavy (non-hydrogen) atoms. The molecular formula is C16H20N2O2. The molecule has 0 aromatic heterocycles. The van der Waals surface area contributed by atoms with Crippen molar-refractivity contribution in [1.29, 1.82) is 0 Å². The van der Waals surface area contributed by atoms with Gasteiger partial charge in [0.1, 0.15) is 0 Å². The van der Waals surface area contributed by atoms with Gasteiger partial charge in [-0.25, -0.2) is 0 Å². The van der Waals surface area contributed by atoms with E-state index in [1.165, 1.54) is 0 Å². The Morgan fingerprint density at radius 2 is 1.65 bits per heavy atom. The lowest BCUT2D eigenvalue weighted by atomic mass is 10.1. The van der Waals surface area contributed by atoms with Crippen molar-refractivity contribution in [2.45, 2.75) is 13.3 Å². The minimum absolute atomic E-state index is 0.0317. The molecule has 0 saturated carbocycles. The van der Waals surface area contributed by atoms with Crippen LogP contribution in [-0.4, -0.2) is 47.8 Å². The second-order valence-corrected chi connectivity index (χ2v) is 4.85. The summed E-state index contributed by atoms with van der Waals surface area (Å²) in [5.41, 5.74) is 1.69. The molecule has 1 saturated heterocycles. The van der Waals surface area contributed by atoms with Gasteiger partial charge >= 0.3 is 0 Å². The monoisotopic (exact) mass is 272 g/mol. The minimum atomic E-state index is 0.0317. The average molecular weight is 272 g/mol.